The molecular weight excluding hydrogens is 248 g/mol. The van der Waals surface area contributed by atoms with Crippen LogP contribution < -0.4 is 5.32 Å². The normalized spacial score (nSPS) is 20.1. The number of fused-ring (bicyclic) bond motifs is 1. The second-order valence-electron chi connectivity index (χ2n) is 5.98. The summed E-state index contributed by atoms with van der Waals surface area (Å²) >= 11 is 0. The molecule has 0 bridgehead atoms. The Morgan fingerprint density at radius 2 is 2.20 bits per heavy atom. The molecule has 0 aliphatic heterocycles. The van der Waals surface area contributed by atoms with Crippen LogP contribution in [-0.2, 0) is 6.42 Å². The molecule has 20 heavy (non-hydrogen) atoms. The molecule has 114 valence electrons. The topological polar surface area (TPSA) is 28.4 Å². The zero-order valence-corrected chi connectivity index (χ0v) is 13.3. The molecular formula is C17H30N2O. The van der Waals surface area contributed by atoms with Gasteiger partial charge in [-0.3, -0.25) is 0 Å². The van der Waals surface area contributed by atoms with E-state index in [0.29, 0.717) is 12.1 Å². The monoisotopic (exact) mass is 278 g/mol. The highest BCUT2D eigenvalue weighted by molar-refractivity contribution is 5.24. The van der Waals surface area contributed by atoms with E-state index in [4.69, 9.17) is 4.42 Å². The standard InChI is InChI=1S/C17H30N2O/c1-4-19(5-2)12-7-8-14(3)18-16-9-6-10-17-15(16)11-13-20-17/h11,13-14,16,18H,4-10,12H2,1-3H3. The fraction of sp³-hybridized carbons (Fsp3) is 0.765. The Hall–Kier alpha value is -0.800. The van der Waals surface area contributed by atoms with Crippen LogP contribution in [0.3, 0.4) is 0 Å². The van der Waals surface area contributed by atoms with Gasteiger partial charge in [0.1, 0.15) is 5.76 Å². The summed E-state index contributed by atoms with van der Waals surface area (Å²) in [5.74, 6) is 1.20. The van der Waals surface area contributed by atoms with Gasteiger partial charge in [-0.25, -0.2) is 0 Å². The van der Waals surface area contributed by atoms with Crippen LogP contribution in [0.15, 0.2) is 16.7 Å². The first-order chi connectivity index (χ1) is 9.74. The van der Waals surface area contributed by atoms with Gasteiger partial charge in [0.2, 0.25) is 0 Å². The van der Waals surface area contributed by atoms with E-state index in [1.54, 1.807) is 0 Å². The van der Waals surface area contributed by atoms with E-state index in [2.05, 4.69) is 37.1 Å². The molecule has 0 amide bonds. The molecule has 1 aliphatic rings. The van der Waals surface area contributed by atoms with Crippen molar-refractivity contribution in [2.24, 2.45) is 0 Å². The second kappa shape index (κ2) is 7.84. The summed E-state index contributed by atoms with van der Waals surface area (Å²) in [6.07, 6.45) is 7.96. The molecule has 0 saturated heterocycles. The number of hydrogen-bond acceptors (Lipinski definition) is 3. The lowest BCUT2D eigenvalue weighted by Crippen LogP contribution is -2.33. The predicted octanol–water partition coefficient (Wildman–Crippen LogP) is 3.76. The Kier molecular flexibility index (Phi) is 6.11. The highest BCUT2D eigenvalue weighted by Crippen LogP contribution is 2.30. The van der Waals surface area contributed by atoms with Crippen LogP contribution in [0, 0.1) is 0 Å². The molecule has 2 atom stereocenters. The van der Waals surface area contributed by atoms with Crippen molar-refractivity contribution in [1.82, 2.24) is 10.2 Å². The first-order valence-corrected chi connectivity index (χ1v) is 8.29. The van der Waals surface area contributed by atoms with E-state index in [1.807, 2.05) is 6.26 Å². The van der Waals surface area contributed by atoms with E-state index in [9.17, 15) is 0 Å². The lowest BCUT2D eigenvalue weighted by atomic mass is 9.92. The number of aryl methyl sites for hydroxylation is 1. The van der Waals surface area contributed by atoms with Crippen molar-refractivity contribution in [3.63, 3.8) is 0 Å². The largest absolute Gasteiger partial charge is 0.469 e. The van der Waals surface area contributed by atoms with Crippen molar-refractivity contribution in [2.45, 2.75) is 65.0 Å². The Morgan fingerprint density at radius 1 is 1.40 bits per heavy atom. The third-order valence-corrected chi connectivity index (χ3v) is 4.54. The molecule has 2 unspecified atom stereocenters. The van der Waals surface area contributed by atoms with Gasteiger partial charge in [-0.1, -0.05) is 13.8 Å². The van der Waals surface area contributed by atoms with Crippen LogP contribution in [0.1, 0.15) is 63.8 Å². The van der Waals surface area contributed by atoms with Gasteiger partial charge >= 0.3 is 0 Å². The van der Waals surface area contributed by atoms with Crippen molar-refractivity contribution >= 4 is 0 Å². The number of hydrogen-bond donors (Lipinski definition) is 1. The lowest BCUT2D eigenvalue weighted by molar-refractivity contribution is 0.285. The maximum absolute atomic E-state index is 5.56. The van der Waals surface area contributed by atoms with Crippen LogP contribution in [0.5, 0.6) is 0 Å². The summed E-state index contributed by atoms with van der Waals surface area (Å²) in [5.41, 5.74) is 1.40. The van der Waals surface area contributed by atoms with Crippen molar-refractivity contribution in [2.75, 3.05) is 19.6 Å². The van der Waals surface area contributed by atoms with Crippen molar-refractivity contribution in [1.29, 1.82) is 0 Å². The third-order valence-electron chi connectivity index (χ3n) is 4.54. The van der Waals surface area contributed by atoms with E-state index in [1.165, 1.54) is 56.6 Å². The average molecular weight is 278 g/mol. The fourth-order valence-electron chi connectivity index (χ4n) is 3.25. The number of furan rings is 1. The fourth-order valence-corrected chi connectivity index (χ4v) is 3.25. The van der Waals surface area contributed by atoms with Gasteiger partial charge in [0.15, 0.2) is 0 Å². The molecule has 1 N–H and O–H groups in total. The summed E-state index contributed by atoms with van der Waals surface area (Å²) in [5, 5.41) is 3.79. The van der Waals surface area contributed by atoms with Gasteiger partial charge in [-0.15, -0.1) is 0 Å². The molecule has 1 aromatic rings. The van der Waals surface area contributed by atoms with E-state index < -0.39 is 0 Å². The van der Waals surface area contributed by atoms with Crippen molar-refractivity contribution < 1.29 is 4.42 Å². The quantitative estimate of drug-likeness (QED) is 0.785. The first kappa shape index (κ1) is 15.6. The molecule has 2 rings (SSSR count). The molecule has 0 radical (unpaired) electrons. The summed E-state index contributed by atoms with van der Waals surface area (Å²) in [6, 6.07) is 3.23. The van der Waals surface area contributed by atoms with Crippen LogP contribution in [0.2, 0.25) is 0 Å². The predicted molar refractivity (Wildman–Crippen MR) is 84.0 cm³/mol. The van der Waals surface area contributed by atoms with Crippen molar-refractivity contribution in [3.05, 3.63) is 23.7 Å². The molecule has 0 saturated carbocycles. The summed E-state index contributed by atoms with van der Waals surface area (Å²) in [6.45, 7) is 10.4. The minimum atomic E-state index is 0.501. The highest BCUT2D eigenvalue weighted by Gasteiger charge is 2.23. The van der Waals surface area contributed by atoms with E-state index in [-0.39, 0.29) is 0 Å². The van der Waals surface area contributed by atoms with E-state index >= 15 is 0 Å². The van der Waals surface area contributed by atoms with Gasteiger partial charge in [-0.05, 0) is 58.3 Å². The van der Waals surface area contributed by atoms with E-state index in [0.717, 1.165) is 6.42 Å². The van der Waals surface area contributed by atoms with Gasteiger partial charge in [-0.2, -0.15) is 0 Å². The van der Waals surface area contributed by atoms with Crippen LogP contribution in [-0.4, -0.2) is 30.6 Å². The zero-order valence-electron chi connectivity index (χ0n) is 13.3. The van der Waals surface area contributed by atoms with Gasteiger partial charge < -0.3 is 14.6 Å². The number of nitrogens with one attached hydrogen (secondary N) is 1. The number of nitrogens with zero attached hydrogens (tertiary/aromatic N) is 1. The number of rotatable bonds is 8. The minimum absolute atomic E-state index is 0.501. The maximum atomic E-state index is 5.56. The summed E-state index contributed by atoms with van der Waals surface area (Å²) < 4.78 is 5.56. The third kappa shape index (κ3) is 4.10. The summed E-state index contributed by atoms with van der Waals surface area (Å²) in [4.78, 5) is 2.50. The molecule has 0 fully saturated rings. The van der Waals surface area contributed by atoms with Gasteiger partial charge in [0, 0.05) is 24.1 Å². The molecule has 1 aliphatic carbocycles. The van der Waals surface area contributed by atoms with Crippen LogP contribution >= 0.6 is 0 Å². The van der Waals surface area contributed by atoms with Crippen LogP contribution in [0.25, 0.3) is 0 Å². The minimum Gasteiger partial charge on any atom is -0.469 e. The highest BCUT2D eigenvalue weighted by atomic mass is 16.3. The second-order valence-corrected chi connectivity index (χ2v) is 5.98. The van der Waals surface area contributed by atoms with Gasteiger partial charge in [0.05, 0.1) is 6.26 Å². The SMILES string of the molecule is CCN(CC)CCCC(C)NC1CCCc2occc21. The smallest absolute Gasteiger partial charge is 0.108 e. The Bertz CT molecular complexity index is 384. The molecule has 0 aromatic carbocycles. The molecule has 1 heterocycles. The van der Waals surface area contributed by atoms with Crippen molar-refractivity contribution in [3.8, 4) is 0 Å². The Labute approximate surface area is 123 Å². The Morgan fingerprint density at radius 3 is 2.95 bits per heavy atom. The molecule has 3 heteroatoms. The Balaban J connectivity index is 1.74. The molecule has 0 spiro atoms. The lowest BCUT2D eigenvalue weighted by Gasteiger charge is -2.27. The maximum Gasteiger partial charge on any atom is 0.108 e. The summed E-state index contributed by atoms with van der Waals surface area (Å²) in [7, 11) is 0. The van der Waals surface area contributed by atoms with Crippen LogP contribution in [0.4, 0.5) is 0 Å². The zero-order chi connectivity index (χ0) is 14.4. The average Bonchev–Trinajstić information content (AvgIpc) is 2.93. The first-order valence-electron chi connectivity index (χ1n) is 8.29. The van der Waals surface area contributed by atoms with Gasteiger partial charge in [0.25, 0.3) is 0 Å². The molecule has 3 nitrogen and oxygen atoms in total. The molecule has 1 aromatic heterocycles.